The van der Waals surface area contributed by atoms with Gasteiger partial charge in [-0.1, -0.05) is 31.9 Å². The summed E-state index contributed by atoms with van der Waals surface area (Å²) in [5, 5.41) is 17.2. The SMILES string of the molecule is Nc1c(F)cc(Br)cc1C(=O)O.Nc1c(F)cc(Br)cc1CO.[B]. The highest BCUT2D eigenvalue weighted by Gasteiger charge is 2.12. The number of aromatic carboxylic acids is 1. The molecule has 10 heteroatoms. The molecule has 0 aliphatic rings. The molecule has 2 aromatic rings. The molecule has 127 valence electrons. The number of halogens is 4. The number of nitrogen functional groups attached to an aromatic ring is 2. The van der Waals surface area contributed by atoms with Crippen molar-refractivity contribution in [3.63, 3.8) is 0 Å². The van der Waals surface area contributed by atoms with Gasteiger partial charge in [-0.15, -0.1) is 0 Å². The Balaban J connectivity index is 0.000000425. The van der Waals surface area contributed by atoms with E-state index in [0.29, 0.717) is 14.5 Å². The second kappa shape index (κ2) is 9.60. The van der Waals surface area contributed by atoms with Crippen molar-refractivity contribution in [1.29, 1.82) is 0 Å². The maximum Gasteiger partial charge on any atom is 0.337 e. The molecule has 0 spiro atoms. The molecule has 0 aliphatic carbocycles. The van der Waals surface area contributed by atoms with Crippen LogP contribution in [0.3, 0.4) is 0 Å². The van der Waals surface area contributed by atoms with Crippen LogP contribution in [0.25, 0.3) is 0 Å². The minimum absolute atomic E-state index is 0. The molecule has 3 radical (unpaired) electrons. The fraction of sp³-hybridized carbons (Fsp3) is 0.0714. The third-order valence-corrected chi connectivity index (χ3v) is 3.59. The van der Waals surface area contributed by atoms with Crippen molar-refractivity contribution in [2.24, 2.45) is 0 Å². The summed E-state index contributed by atoms with van der Waals surface area (Å²) in [6, 6.07) is 5.20. The Morgan fingerprint density at radius 1 is 1.00 bits per heavy atom. The molecule has 6 N–H and O–H groups in total. The number of nitrogens with two attached hydrogens (primary N) is 2. The third kappa shape index (κ3) is 5.77. The van der Waals surface area contributed by atoms with Crippen LogP contribution in [0.5, 0.6) is 0 Å². The first-order chi connectivity index (χ1) is 10.7. The van der Waals surface area contributed by atoms with Gasteiger partial charge >= 0.3 is 5.97 Å². The normalized spacial score (nSPS) is 9.54. The number of aliphatic hydroxyl groups is 1. The number of carboxylic acids is 1. The molecule has 0 atom stereocenters. The predicted octanol–water partition coefficient (Wildman–Crippen LogP) is 3.15. The number of aliphatic hydroxyl groups excluding tert-OH is 1. The van der Waals surface area contributed by atoms with E-state index in [1.54, 1.807) is 6.07 Å². The van der Waals surface area contributed by atoms with Crippen LogP contribution >= 0.6 is 31.9 Å². The highest BCUT2D eigenvalue weighted by Crippen LogP contribution is 2.23. The molecule has 24 heavy (non-hydrogen) atoms. The maximum atomic E-state index is 12.8. The first kappa shape index (κ1) is 22.4. The molecule has 0 aliphatic heterocycles. The van der Waals surface area contributed by atoms with E-state index in [0.717, 1.165) is 6.07 Å². The second-order valence-electron chi connectivity index (χ2n) is 4.27. The standard InChI is InChI=1S/C7H5BrFNO2.C7H7BrFNO.B/c8-3-1-4(7(11)12)6(10)5(9)2-3;8-5-1-4(3-11)7(10)6(9)2-5;/h1-2H,10H2,(H,11,12);1-2,11H,3,10H2;. The number of anilines is 2. The Morgan fingerprint density at radius 3 is 1.92 bits per heavy atom. The van der Waals surface area contributed by atoms with E-state index in [1.807, 2.05) is 0 Å². The fourth-order valence-corrected chi connectivity index (χ4v) is 2.44. The lowest BCUT2D eigenvalue weighted by atomic mass is 10.2. The molecular weight excluding hydrogens is 453 g/mol. The minimum Gasteiger partial charge on any atom is -0.478 e. The zero-order valence-electron chi connectivity index (χ0n) is 12.1. The Labute approximate surface area is 155 Å². The van der Waals surface area contributed by atoms with Crippen LogP contribution in [0.4, 0.5) is 20.2 Å². The summed E-state index contributed by atoms with van der Waals surface area (Å²) in [5.41, 5.74) is 10.3. The zero-order valence-corrected chi connectivity index (χ0v) is 15.2. The average molecular weight is 465 g/mol. The van der Waals surface area contributed by atoms with Crippen molar-refractivity contribution in [3.8, 4) is 0 Å². The lowest BCUT2D eigenvalue weighted by Gasteiger charge is -2.03. The van der Waals surface area contributed by atoms with Gasteiger partial charge in [0.25, 0.3) is 0 Å². The smallest absolute Gasteiger partial charge is 0.337 e. The second-order valence-corrected chi connectivity index (χ2v) is 6.10. The van der Waals surface area contributed by atoms with Gasteiger partial charge in [0.1, 0.15) is 11.6 Å². The molecule has 2 rings (SSSR count). The van der Waals surface area contributed by atoms with E-state index in [4.69, 9.17) is 21.7 Å². The van der Waals surface area contributed by atoms with Crippen LogP contribution in [0.15, 0.2) is 33.2 Å². The maximum absolute atomic E-state index is 12.8. The Morgan fingerprint density at radius 2 is 1.46 bits per heavy atom. The number of hydrogen-bond donors (Lipinski definition) is 4. The van der Waals surface area contributed by atoms with Crippen molar-refractivity contribution < 1.29 is 23.8 Å². The molecule has 0 amide bonds. The van der Waals surface area contributed by atoms with Gasteiger partial charge in [-0.3, -0.25) is 0 Å². The van der Waals surface area contributed by atoms with Crippen LogP contribution in [-0.2, 0) is 6.61 Å². The van der Waals surface area contributed by atoms with E-state index < -0.39 is 17.6 Å². The topological polar surface area (TPSA) is 110 Å². The largest absolute Gasteiger partial charge is 0.478 e. The average Bonchev–Trinajstić information content (AvgIpc) is 2.47. The lowest BCUT2D eigenvalue weighted by Crippen LogP contribution is -2.04. The van der Waals surface area contributed by atoms with Crippen LogP contribution in [-0.4, -0.2) is 24.6 Å². The van der Waals surface area contributed by atoms with Crippen LogP contribution in [0.2, 0.25) is 0 Å². The molecule has 0 bridgehead atoms. The van der Waals surface area contributed by atoms with E-state index in [1.165, 1.54) is 12.1 Å². The number of benzene rings is 2. The summed E-state index contributed by atoms with van der Waals surface area (Å²) in [7, 11) is 0. The monoisotopic (exact) mass is 463 g/mol. The summed E-state index contributed by atoms with van der Waals surface area (Å²) >= 11 is 6.04. The Bertz CT molecular complexity index is 748. The molecule has 0 saturated carbocycles. The summed E-state index contributed by atoms with van der Waals surface area (Å²) in [5.74, 6) is -2.49. The predicted molar refractivity (Wildman–Crippen MR) is 95.7 cm³/mol. The fourth-order valence-electron chi connectivity index (χ4n) is 1.53. The molecule has 5 nitrogen and oxygen atoms in total. The third-order valence-electron chi connectivity index (χ3n) is 2.68. The highest BCUT2D eigenvalue weighted by atomic mass is 79.9. The van der Waals surface area contributed by atoms with Gasteiger partial charge in [0.15, 0.2) is 0 Å². The van der Waals surface area contributed by atoms with Gasteiger partial charge in [-0.25, -0.2) is 13.6 Å². The highest BCUT2D eigenvalue weighted by molar-refractivity contribution is 9.10. The molecule has 0 aromatic heterocycles. The van der Waals surface area contributed by atoms with Crippen molar-refractivity contribution in [1.82, 2.24) is 0 Å². The van der Waals surface area contributed by atoms with Crippen molar-refractivity contribution in [2.45, 2.75) is 6.61 Å². The molecule has 0 heterocycles. The number of carboxylic acid groups (broad SMARTS) is 1. The van der Waals surface area contributed by atoms with Gasteiger partial charge in [-0.2, -0.15) is 0 Å². The van der Waals surface area contributed by atoms with Gasteiger partial charge < -0.3 is 21.7 Å². The molecule has 2 aromatic carbocycles. The van der Waals surface area contributed by atoms with E-state index in [-0.39, 0.29) is 32.0 Å². The van der Waals surface area contributed by atoms with Crippen molar-refractivity contribution in [3.05, 3.63) is 56.0 Å². The summed E-state index contributed by atoms with van der Waals surface area (Å²) in [4.78, 5) is 10.5. The van der Waals surface area contributed by atoms with E-state index >= 15 is 0 Å². The molecule has 0 fully saturated rings. The number of hydrogen-bond acceptors (Lipinski definition) is 4. The van der Waals surface area contributed by atoms with Crippen molar-refractivity contribution in [2.75, 3.05) is 11.5 Å². The first-order valence-corrected chi connectivity index (χ1v) is 7.58. The van der Waals surface area contributed by atoms with Gasteiger partial charge in [0.2, 0.25) is 0 Å². The van der Waals surface area contributed by atoms with Crippen LogP contribution in [0.1, 0.15) is 15.9 Å². The Kier molecular flexibility index (Phi) is 8.94. The number of rotatable bonds is 2. The van der Waals surface area contributed by atoms with Gasteiger partial charge in [0, 0.05) is 22.9 Å². The summed E-state index contributed by atoms with van der Waals surface area (Å²) in [6.07, 6.45) is 0. The minimum atomic E-state index is -1.24. The van der Waals surface area contributed by atoms with Gasteiger partial charge in [0.05, 0.1) is 23.5 Å². The first-order valence-electron chi connectivity index (χ1n) is 5.99. The quantitative estimate of drug-likeness (QED) is 0.403. The van der Waals surface area contributed by atoms with Crippen LogP contribution in [0, 0.1) is 11.6 Å². The van der Waals surface area contributed by atoms with E-state index in [9.17, 15) is 13.6 Å². The van der Waals surface area contributed by atoms with E-state index in [2.05, 4.69) is 31.9 Å². The lowest BCUT2D eigenvalue weighted by molar-refractivity contribution is 0.0697. The van der Waals surface area contributed by atoms with Crippen LogP contribution < -0.4 is 11.5 Å². The van der Waals surface area contributed by atoms with Gasteiger partial charge in [-0.05, 0) is 24.3 Å². The molecule has 0 saturated heterocycles. The summed E-state index contributed by atoms with van der Waals surface area (Å²) < 4.78 is 26.5. The zero-order chi connectivity index (χ0) is 17.7. The molecular formula is C14H12BBr2F2N2O3. The molecule has 0 unspecified atom stereocenters. The number of carbonyl (C=O) groups is 1. The van der Waals surface area contributed by atoms with Crippen molar-refractivity contribution >= 4 is 57.6 Å². The Hall–Kier alpha value is -1.65. The summed E-state index contributed by atoms with van der Waals surface area (Å²) in [6.45, 7) is -0.248.